The zero-order valence-electron chi connectivity index (χ0n) is 13.0. The lowest BCUT2D eigenvalue weighted by Gasteiger charge is -2.11. The molecule has 1 amide bonds. The summed E-state index contributed by atoms with van der Waals surface area (Å²) in [5, 5.41) is 11.7. The number of para-hydroxylation sites is 1. The van der Waals surface area contributed by atoms with Gasteiger partial charge in [-0.3, -0.25) is 4.79 Å². The molecular weight excluding hydrogens is 292 g/mol. The van der Waals surface area contributed by atoms with Crippen molar-refractivity contribution in [3.63, 3.8) is 0 Å². The number of hydrogen-bond donors (Lipinski definition) is 2. The molecule has 0 unspecified atom stereocenters. The first-order valence-corrected chi connectivity index (χ1v) is 7.06. The maximum Gasteiger partial charge on any atom is 0.337 e. The monoisotopic (exact) mass is 310 g/mol. The van der Waals surface area contributed by atoms with Crippen LogP contribution in [0.2, 0.25) is 0 Å². The first-order valence-electron chi connectivity index (χ1n) is 7.06. The third kappa shape index (κ3) is 4.44. The van der Waals surface area contributed by atoms with Gasteiger partial charge in [-0.2, -0.15) is 0 Å². The minimum Gasteiger partial charge on any atom is -0.478 e. The Morgan fingerprint density at radius 1 is 1.04 bits per heavy atom. The second-order valence-corrected chi connectivity index (χ2v) is 5.16. The molecule has 23 heavy (non-hydrogen) atoms. The van der Waals surface area contributed by atoms with E-state index in [1.165, 1.54) is 12.1 Å². The van der Waals surface area contributed by atoms with Gasteiger partial charge in [0.25, 0.3) is 0 Å². The van der Waals surface area contributed by atoms with E-state index < -0.39 is 5.97 Å². The van der Waals surface area contributed by atoms with Gasteiger partial charge < -0.3 is 15.3 Å². The summed E-state index contributed by atoms with van der Waals surface area (Å²) in [4.78, 5) is 25.0. The molecule has 0 saturated heterocycles. The van der Waals surface area contributed by atoms with E-state index in [0.717, 1.165) is 11.3 Å². The average Bonchev–Trinajstić information content (AvgIpc) is 2.53. The first kappa shape index (κ1) is 16.3. The molecule has 2 N–H and O–H groups in total. The molecule has 2 aromatic carbocycles. The highest BCUT2D eigenvalue weighted by Gasteiger charge is 2.10. The maximum atomic E-state index is 11.9. The molecule has 5 nitrogen and oxygen atoms in total. The summed E-state index contributed by atoms with van der Waals surface area (Å²) in [5.41, 5.74) is 2.29. The Balaban J connectivity index is 2.06. The van der Waals surface area contributed by atoms with Gasteiger partial charge in [0.2, 0.25) is 5.91 Å². The Bertz CT molecular complexity index is 734. The van der Waals surface area contributed by atoms with Crippen LogP contribution < -0.4 is 10.2 Å². The molecular formula is C18H18N2O3. The molecule has 118 valence electrons. The molecule has 0 radical (unpaired) electrons. The predicted octanol–water partition coefficient (Wildman–Crippen LogP) is 3.10. The number of carboxylic acid groups (broad SMARTS) is 1. The van der Waals surface area contributed by atoms with Gasteiger partial charge in [0, 0.05) is 25.9 Å². The summed E-state index contributed by atoms with van der Waals surface area (Å²) in [6, 6.07) is 14.0. The zero-order valence-corrected chi connectivity index (χ0v) is 13.0. The molecule has 5 heteroatoms. The Labute approximate surface area is 134 Å². The van der Waals surface area contributed by atoms with Crippen LogP contribution in [0.5, 0.6) is 0 Å². The average molecular weight is 310 g/mol. The summed E-state index contributed by atoms with van der Waals surface area (Å²) < 4.78 is 0. The van der Waals surface area contributed by atoms with Gasteiger partial charge in [-0.1, -0.05) is 24.3 Å². The van der Waals surface area contributed by atoms with Crippen LogP contribution in [0.25, 0.3) is 6.08 Å². The number of anilines is 2. The Hall–Kier alpha value is -3.08. The van der Waals surface area contributed by atoms with Gasteiger partial charge in [-0.05, 0) is 35.9 Å². The molecule has 0 heterocycles. The SMILES string of the molecule is CN(C)c1ccc(C=CC(=O)Nc2ccccc2C(=O)O)cc1. The third-order valence-electron chi connectivity index (χ3n) is 3.25. The summed E-state index contributed by atoms with van der Waals surface area (Å²) in [6.45, 7) is 0. The lowest BCUT2D eigenvalue weighted by Crippen LogP contribution is -2.11. The van der Waals surface area contributed by atoms with Crippen LogP contribution in [-0.4, -0.2) is 31.1 Å². The van der Waals surface area contributed by atoms with Crippen LogP contribution >= 0.6 is 0 Å². The highest BCUT2D eigenvalue weighted by Crippen LogP contribution is 2.16. The number of carbonyl (C=O) groups is 2. The number of benzene rings is 2. The normalized spacial score (nSPS) is 10.5. The van der Waals surface area contributed by atoms with E-state index >= 15 is 0 Å². The number of nitrogens with zero attached hydrogens (tertiary/aromatic N) is 1. The molecule has 2 rings (SSSR count). The minimum atomic E-state index is -1.08. The predicted molar refractivity (Wildman–Crippen MR) is 91.8 cm³/mol. The maximum absolute atomic E-state index is 11.9. The van der Waals surface area contributed by atoms with Crippen molar-refractivity contribution in [2.45, 2.75) is 0 Å². The van der Waals surface area contributed by atoms with Gasteiger partial charge >= 0.3 is 5.97 Å². The van der Waals surface area contributed by atoms with Gasteiger partial charge in [-0.25, -0.2) is 4.79 Å². The van der Waals surface area contributed by atoms with E-state index in [2.05, 4.69) is 5.32 Å². The standard InChI is InChI=1S/C18H18N2O3/c1-20(2)14-10-7-13(8-11-14)9-12-17(21)19-16-6-4-3-5-15(16)18(22)23/h3-12H,1-2H3,(H,19,21)(H,22,23). The minimum absolute atomic E-state index is 0.0598. The third-order valence-corrected chi connectivity index (χ3v) is 3.25. The quantitative estimate of drug-likeness (QED) is 0.833. The van der Waals surface area contributed by atoms with E-state index in [1.54, 1.807) is 24.3 Å². The van der Waals surface area contributed by atoms with E-state index in [4.69, 9.17) is 5.11 Å². The van der Waals surface area contributed by atoms with Crippen molar-refractivity contribution in [3.05, 3.63) is 65.7 Å². The smallest absolute Gasteiger partial charge is 0.337 e. The molecule has 0 aliphatic rings. The molecule has 0 aliphatic heterocycles. The molecule has 0 aromatic heterocycles. The molecule has 0 saturated carbocycles. The number of carbonyl (C=O) groups excluding carboxylic acids is 1. The van der Waals surface area contributed by atoms with E-state index in [-0.39, 0.29) is 17.2 Å². The molecule has 0 aliphatic carbocycles. The summed E-state index contributed by atoms with van der Waals surface area (Å²) in [5.74, 6) is -1.46. The van der Waals surface area contributed by atoms with E-state index in [1.807, 2.05) is 43.3 Å². The van der Waals surface area contributed by atoms with Crippen LogP contribution in [0, 0.1) is 0 Å². The van der Waals surface area contributed by atoms with Crippen molar-refractivity contribution < 1.29 is 14.7 Å². The second-order valence-electron chi connectivity index (χ2n) is 5.16. The van der Waals surface area contributed by atoms with E-state index in [0.29, 0.717) is 0 Å². The van der Waals surface area contributed by atoms with Crippen LogP contribution in [0.3, 0.4) is 0 Å². The Morgan fingerprint density at radius 2 is 1.70 bits per heavy atom. The molecule has 0 fully saturated rings. The number of nitrogens with one attached hydrogen (secondary N) is 1. The molecule has 0 atom stereocenters. The summed E-state index contributed by atoms with van der Waals surface area (Å²) in [7, 11) is 3.91. The highest BCUT2D eigenvalue weighted by atomic mass is 16.4. The van der Waals surface area contributed by atoms with Gasteiger partial charge in [0.15, 0.2) is 0 Å². The highest BCUT2D eigenvalue weighted by molar-refractivity contribution is 6.06. The van der Waals surface area contributed by atoms with Crippen molar-refractivity contribution >= 4 is 29.3 Å². The zero-order chi connectivity index (χ0) is 16.8. The van der Waals surface area contributed by atoms with Gasteiger partial charge in [0.1, 0.15) is 0 Å². The Kier molecular flexibility index (Phi) is 5.15. The van der Waals surface area contributed by atoms with Crippen LogP contribution in [0.15, 0.2) is 54.6 Å². The number of carboxylic acids is 1. The van der Waals surface area contributed by atoms with Crippen molar-refractivity contribution in [3.8, 4) is 0 Å². The lowest BCUT2D eigenvalue weighted by atomic mass is 10.1. The van der Waals surface area contributed by atoms with Crippen LogP contribution in [0.4, 0.5) is 11.4 Å². The van der Waals surface area contributed by atoms with Gasteiger partial charge in [-0.15, -0.1) is 0 Å². The van der Waals surface area contributed by atoms with Crippen LogP contribution in [0.1, 0.15) is 15.9 Å². The first-order chi connectivity index (χ1) is 11.0. The van der Waals surface area contributed by atoms with E-state index in [9.17, 15) is 9.59 Å². The van der Waals surface area contributed by atoms with Crippen LogP contribution in [-0.2, 0) is 4.79 Å². The molecule has 0 bridgehead atoms. The fraction of sp³-hybridized carbons (Fsp3) is 0.111. The van der Waals surface area contributed by atoms with Crippen molar-refractivity contribution in [1.82, 2.24) is 0 Å². The number of rotatable bonds is 5. The fourth-order valence-electron chi connectivity index (χ4n) is 2.01. The molecule has 2 aromatic rings. The van der Waals surface area contributed by atoms with Crippen molar-refractivity contribution in [2.75, 3.05) is 24.3 Å². The molecule has 0 spiro atoms. The summed E-state index contributed by atoms with van der Waals surface area (Å²) in [6.07, 6.45) is 3.06. The Morgan fingerprint density at radius 3 is 2.30 bits per heavy atom. The second kappa shape index (κ2) is 7.26. The fourth-order valence-corrected chi connectivity index (χ4v) is 2.01. The summed E-state index contributed by atoms with van der Waals surface area (Å²) >= 11 is 0. The lowest BCUT2D eigenvalue weighted by molar-refractivity contribution is -0.111. The number of hydrogen-bond acceptors (Lipinski definition) is 3. The number of aromatic carboxylic acids is 1. The largest absolute Gasteiger partial charge is 0.478 e. The topological polar surface area (TPSA) is 69.6 Å². The van der Waals surface area contributed by atoms with Crippen molar-refractivity contribution in [2.24, 2.45) is 0 Å². The van der Waals surface area contributed by atoms with Crippen molar-refractivity contribution in [1.29, 1.82) is 0 Å². The number of amides is 1. The van der Waals surface area contributed by atoms with Gasteiger partial charge in [0.05, 0.1) is 11.3 Å².